The van der Waals surface area contributed by atoms with Gasteiger partial charge in [0.05, 0.1) is 12.2 Å². The lowest BCUT2D eigenvalue weighted by molar-refractivity contribution is -0.124. The second kappa shape index (κ2) is 19.2. The van der Waals surface area contributed by atoms with Gasteiger partial charge in [-0.15, -0.1) is 0 Å². The second-order valence-electron chi connectivity index (χ2n) is 17.5. The van der Waals surface area contributed by atoms with Gasteiger partial charge in [0.25, 0.3) is 0 Å². The number of likely N-dealkylation sites (tertiary alicyclic amines) is 3. The average Bonchev–Trinajstić information content (AvgIpc) is 3.01. The summed E-state index contributed by atoms with van der Waals surface area (Å²) in [5, 5.41) is 0. The van der Waals surface area contributed by atoms with Crippen molar-refractivity contribution < 1.29 is 4.74 Å². The van der Waals surface area contributed by atoms with E-state index in [0.717, 1.165) is 29.8 Å². The SMILES string of the molecule is CC(C)CCN1CCC(CN2CCC3(CC2)CC(OC(C)C)C3)CC1.CCCN1CCN(CCC2CCN(C(C)C)CC2)C[C@H]1C. The molecular weight excluding hydrogens is 566 g/mol. The van der Waals surface area contributed by atoms with Gasteiger partial charge in [0.1, 0.15) is 0 Å². The van der Waals surface area contributed by atoms with Crippen LogP contribution in [0.5, 0.6) is 0 Å². The van der Waals surface area contributed by atoms with Crippen molar-refractivity contribution in [2.24, 2.45) is 23.2 Å². The van der Waals surface area contributed by atoms with Crippen molar-refractivity contribution >= 4 is 0 Å². The van der Waals surface area contributed by atoms with Crippen LogP contribution in [0.15, 0.2) is 0 Å². The minimum atomic E-state index is 0.397. The molecule has 270 valence electrons. The Morgan fingerprint density at radius 3 is 1.91 bits per heavy atom. The largest absolute Gasteiger partial charge is 0.376 e. The van der Waals surface area contributed by atoms with Crippen molar-refractivity contribution in [3.05, 3.63) is 0 Å². The molecule has 0 aromatic heterocycles. The lowest BCUT2D eigenvalue weighted by Crippen LogP contribution is -2.52. The third-order valence-electron chi connectivity index (χ3n) is 12.5. The van der Waals surface area contributed by atoms with Gasteiger partial charge < -0.3 is 24.3 Å². The molecule has 0 radical (unpaired) electrons. The van der Waals surface area contributed by atoms with E-state index in [2.05, 4.69) is 79.9 Å². The first kappa shape index (κ1) is 38.6. The van der Waals surface area contributed by atoms with Crippen molar-refractivity contribution in [3.8, 4) is 0 Å². The van der Waals surface area contributed by atoms with Crippen molar-refractivity contribution in [2.45, 2.75) is 150 Å². The molecule has 1 spiro atoms. The molecule has 0 unspecified atom stereocenters. The van der Waals surface area contributed by atoms with Crippen LogP contribution in [0.25, 0.3) is 0 Å². The van der Waals surface area contributed by atoms with Crippen LogP contribution in [0, 0.1) is 23.2 Å². The van der Waals surface area contributed by atoms with Crippen molar-refractivity contribution in [1.82, 2.24) is 24.5 Å². The van der Waals surface area contributed by atoms with Gasteiger partial charge >= 0.3 is 0 Å². The molecule has 6 heteroatoms. The Morgan fingerprint density at radius 1 is 0.696 bits per heavy atom. The van der Waals surface area contributed by atoms with Crippen LogP contribution in [0.3, 0.4) is 0 Å². The molecule has 1 atom stereocenters. The van der Waals surface area contributed by atoms with Crippen molar-refractivity contribution in [1.29, 1.82) is 0 Å². The minimum Gasteiger partial charge on any atom is -0.376 e. The Labute approximate surface area is 287 Å². The molecule has 0 amide bonds. The fourth-order valence-electron chi connectivity index (χ4n) is 9.22. The van der Waals surface area contributed by atoms with Gasteiger partial charge in [-0.25, -0.2) is 0 Å². The number of hydrogen-bond acceptors (Lipinski definition) is 6. The quantitative estimate of drug-likeness (QED) is 0.208. The van der Waals surface area contributed by atoms with E-state index in [1.165, 1.54) is 156 Å². The van der Waals surface area contributed by atoms with Crippen molar-refractivity contribution in [2.75, 3.05) is 85.1 Å². The van der Waals surface area contributed by atoms with Gasteiger partial charge in [-0.05, 0) is 187 Å². The standard InChI is InChI=1S/C22H42N2O.C18H37N3/c1-18(2)5-10-23-11-6-20(7-12-23)17-24-13-8-22(9-14-24)15-21(16-22)25-19(3)4;1-5-9-21-14-13-19(15-17(21)4)10-6-18-7-11-20(12-8-18)16(2)3/h18-21H,5-17H2,1-4H3;16-18H,5-15H2,1-4H3/t;17-/m.1/s1. The van der Waals surface area contributed by atoms with E-state index in [9.17, 15) is 0 Å². The van der Waals surface area contributed by atoms with E-state index in [-0.39, 0.29) is 0 Å². The molecule has 0 N–H and O–H groups in total. The molecule has 0 aromatic rings. The summed E-state index contributed by atoms with van der Waals surface area (Å²) in [4.78, 5) is 13.5. The van der Waals surface area contributed by atoms with E-state index < -0.39 is 0 Å². The highest BCUT2D eigenvalue weighted by Crippen LogP contribution is 2.50. The molecule has 1 saturated carbocycles. The monoisotopic (exact) mass is 646 g/mol. The fraction of sp³-hybridized carbons (Fsp3) is 1.00. The van der Waals surface area contributed by atoms with Crippen LogP contribution in [0.2, 0.25) is 0 Å². The predicted octanol–water partition coefficient (Wildman–Crippen LogP) is 7.33. The third-order valence-corrected chi connectivity index (χ3v) is 12.5. The van der Waals surface area contributed by atoms with Gasteiger partial charge in [0, 0.05) is 38.3 Å². The van der Waals surface area contributed by atoms with Crippen LogP contribution < -0.4 is 0 Å². The molecule has 4 saturated heterocycles. The van der Waals surface area contributed by atoms with Gasteiger partial charge in [0.15, 0.2) is 0 Å². The summed E-state index contributed by atoms with van der Waals surface area (Å²) < 4.78 is 5.99. The molecule has 4 heterocycles. The molecule has 6 nitrogen and oxygen atoms in total. The third kappa shape index (κ3) is 12.6. The first-order chi connectivity index (χ1) is 22.0. The fourth-order valence-corrected chi connectivity index (χ4v) is 9.22. The van der Waals surface area contributed by atoms with Crippen molar-refractivity contribution in [3.63, 3.8) is 0 Å². The smallest absolute Gasteiger partial charge is 0.0589 e. The molecular formula is C40H79N5O. The highest BCUT2D eigenvalue weighted by atomic mass is 16.5. The summed E-state index contributed by atoms with van der Waals surface area (Å²) >= 11 is 0. The molecule has 46 heavy (non-hydrogen) atoms. The van der Waals surface area contributed by atoms with Crippen LogP contribution >= 0.6 is 0 Å². The van der Waals surface area contributed by atoms with Gasteiger partial charge in [-0.2, -0.15) is 0 Å². The molecule has 5 rings (SSSR count). The number of ether oxygens (including phenoxy) is 1. The number of nitrogens with zero attached hydrogens (tertiary/aromatic N) is 5. The maximum Gasteiger partial charge on any atom is 0.0589 e. The maximum atomic E-state index is 5.99. The van der Waals surface area contributed by atoms with Crippen LogP contribution in [0.4, 0.5) is 0 Å². The number of hydrogen-bond donors (Lipinski definition) is 0. The maximum absolute atomic E-state index is 5.99. The Bertz CT molecular complexity index is 802. The molecule has 0 bridgehead atoms. The zero-order valence-electron chi connectivity index (χ0n) is 32.2. The van der Waals surface area contributed by atoms with Crippen LogP contribution in [-0.2, 0) is 4.74 Å². The number of rotatable bonds is 13. The summed E-state index contributed by atoms with van der Waals surface area (Å²) in [5.41, 5.74) is 0.649. The van der Waals surface area contributed by atoms with Crippen LogP contribution in [-0.4, -0.2) is 134 Å². The van der Waals surface area contributed by atoms with Crippen LogP contribution in [0.1, 0.15) is 126 Å². The molecule has 1 aliphatic carbocycles. The molecule has 0 aromatic carbocycles. The summed E-state index contributed by atoms with van der Waals surface area (Å²) in [7, 11) is 0. The Balaban J connectivity index is 0.000000212. The lowest BCUT2D eigenvalue weighted by Gasteiger charge is -2.52. The first-order valence-corrected chi connectivity index (χ1v) is 20.3. The number of piperazine rings is 1. The normalized spacial score (nSPS) is 27.1. The second-order valence-corrected chi connectivity index (χ2v) is 17.5. The Hall–Kier alpha value is -0.240. The van der Waals surface area contributed by atoms with Gasteiger partial charge in [0.2, 0.25) is 0 Å². The van der Waals surface area contributed by atoms with Gasteiger partial charge in [-0.1, -0.05) is 20.8 Å². The molecule has 5 aliphatic rings. The summed E-state index contributed by atoms with van der Waals surface area (Å²) in [6.45, 7) is 35.5. The minimum absolute atomic E-state index is 0.397. The lowest BCUT2D eigenvalue weighted by atomic mass is 9.61. The molecule has 5 fully saturated rings. The van der Waals surface area contributed by atoms with E-state index in [4.69, 9.17) is 4.74 Å². The summed E-state index contributed by atoms with van der Waals surface area (Å²) in [5.74, 6) is 2.77. The van der Waals surface area contributed by atoms with E-state index >= 15 is 0 Å². The zero-order valence-corrected chi connectivity index (χ0v) is 32.2. The summed E-state index contributed by atoms with van der Waals surface area (Å²) in [6, 6.07) is 1.49. The summed E-state index contributed by atoms with van der Waals surface area (Å²) in [6.07, 6.45) is 16.2. The van der Waals surface area contributed by atoms with E-state index in [0.29, 0.717) is 17.6 Å². The Kier molecular flexibility index (Phi) is 16.1. The zero-order chi connectivity index (χ0) is 33.1. The topological polar surface area (TPSA) is 25.4 Å². The van der Waals surface area contributed by atoms with E-state index in [1.807, 2.05) is 0 Å². The van der Waals surface area contributed by atoms with Gasteiger partial charge in [-0.3, -0.25) is 4.90 Å². The number of piperidine rings is 3. The Morgan fingerprint density at radius 2 is 1.35 bits per heavy atom. The highest BCUT2D eigenvalue weighted by molar-refractivity contribution is 4.98. The molecule has 4 aliphatic heterocycles. The van der Waals surface area contributed by atoms with E-state index in [1.54, 1.807) is 0 Å². The average molecular weight is 646 g/mol. The first-order valence-electron chi connectivity index (χ1n) is 20.3. The highest BCUT2D eigenvalue weighted by Gasteiger charge is 2.46. The predicted molar refractivity (Wildman–Crippen MR) is 198 cm³/mol.